The molecule has 0 bridgehead atoms. The Bertz CT molecular complexity index is 701. The van der Waals surface area contributed by atoms with E-state index in [1.807, 2.05) is 12.1 Å². The van der Waals surface area contributed by atoms with Crippen molar-refractivity contribution in [3.63, 3.8) is 0 Å². The van der Waals surface area contributed by atoms with Crippen LogP contribution in [0.15, 0.2) is 42.0 Å². The Morgan fingerprint density at radius 2 is 2.12 bits per heavy atom. The Morgan fingerprint density at radius 3 is 2.96 bits per heavy atom. The van der Waals surface area contributed by atoms with Gasteiger partial charge in [-0.15, -0.1) is 0 Å². The topological polar surface area (TPSA) is 35.5 Å². The molecule has 0 N–H and O–H groups in total. The summed E-state index contributed by atoms with van der Waals surface area (Å²) in [6, 6.07) is 6.21. The molecule has 3 nitrogen and oxygen atoms in total. The lowest BCUT2D eigenvalue weighted by Crippen LogP contribution is -2.06. The number of ketones is 1. The minimum absolute atomic E-state index is 0.224. The molecule has 3 atom stereocenters. The lowest BCUT2D eigenvalue weighted by molar-refractivity contribution is -0.113. The van der Waals surface area contributed by atoms with Crippen LogP contribution in [-0.4, -0.2) is 12.6 Å². The van der Waals surface area contributed by atoms with E-state index in [0.717, 1.165) is 17.4 Å². The highest BCUT2D eigenvalue weighted by Gasteiger charge is 2.30. The molecule has 0 amide bonds. The van der Waals surface area contributed by atoms with Crippen molar-refractivity contribution in [2.24, 2.45) is 11.8 Å². The van der Waals surface area contributed by atoms with Crippen LogP contribution in [0.4, 0.5) is 0 Å². The average Bonchev–Trinajstić information content (AvgIpc) is 3.24. The van der Waals surface area contributed by atoms with Gasteiger partial charge in [-0.1, -0.05) is 31.2 Å². The van der Waals surface area contributed by atoms with Crippen LogP contribution in [0.2, 0.25) is 0 Å². The van der Waals surface area contributed by atoms with E-state index in [4.69, 9.17) is 9.47 Å². The van der Waals surface area contributed by atoms with Gasteiger partial charge in [0.2, 0.25) is 6.79 Å². The van der Waals surface area contributed by atoms with Gasteiger partial charge in [-0.05, 0) is 61.2 Å². The molecule has 1 aliphatic heterocycles. The summed E-state index contributed by atoms with van der Waals surface area (Å²) in [5.41, 5.74) is 2.65. The molecule has 1 aromatic rings. The number of hydrogen-bond acceptors (Lipinski definition) is 3. The SMILES string of the molecule is C[C@@H](CC1CC[C@H](C2=CCC(=O)C=C2)C1)c1cccc2c1OCO2. The van der Waals surface area contributed by atoms with E-state index in [1.54, 1.807) is 6.08 Å². The summed E-state index contributed by atoms with van der Waals surface area (Å²) in [6.07, 6.45) is 11.4. The summed E-state index contributed by atoms with van der Waals surface area (Å²) < 4.78 is 11.2. The molecule has 2 aliphatic carbocycles. The lowest BCUT2D eigenvalue weighted by atomic mass is 9.86. The van der Waals surface area contributed by atoms with Gasteiger partial charge < -0.3 is 9.47 Å². The fourth-order valence-corrected chi connectivity index (χ4v) is 4.41. The molecular weight excluding hydrogens is 300 g/mol. The van der Waals surface area contributed by atoms with E-state index < -0.39 is 0 Å². The van der Waals surface area contributed by atoms with Gasteiger partial charge in [0, 0.05) is 12.0 Å². The standard InChI is InChI=1S/C21H24O3/c1-14(19-3-2-4-20-21(19)24-13-23-20)11-15-5-6-17(12-15)16-7-9-18(22)10-8-16/h2-4,7-9,14-15,17H,5-6,10-13H2,1H3/t14-,15?,17-/m0/s1. The summed E-state index contributed by atoms with van der Waals surface area (Å²) in [6.45, 7) is 2.63. The number of fused-ring (bicyclic) bond motifs is 1. The third-order valence-corrected chi connectivity index (χ3v) is 5.66. The Kier molecular flexibility index (Phi) is 4.17. The Morgan fingerprint density at radius 1 is 1.21 bits per heavy atom. The highest BCUT2D eigenvalue weighted by Crippen LogP contribution is 2.45. The molecule has 3 heteroatoms. The van der Waals surface area contributed by atoms with Crippen molar-refractivity contribution < 1.29 is 14.3 Å². The maximum atomic E-state index is 11.3. The number of allylic oxidation sites excluding steroid dienone is 4. The van der Waals surface area contributed by atoms with E-state index in [2.05, 4.69) is 25.1 Å². The number of para-hydroxylation sites is 1. The van der Waals surface area contributed by atoms with Crippen molar-refractivity contribution in [1.82, 2.24) is 0 Å². The predicted molar refractivity (Wildman–Crippen MR) is 93.3 cm³/mol. The first kappa shape index (κ1) is 15.5. The number of hydrogen-bond donors (Lipinski definition) is 0. The monoisotopic (exact) mass is 324 g/mol. The van der Waals surface area contributed by atoms with Gasteiger partial charge in [-0.25, -0.2) is 0 Å². The molecule has 0 spiro atoms. The van der Waals surface area contributed by atoms with Crippen LogP contribution in [0.5, 0.6) is 11.5 Å². The Labute approximate surface area is 143 Å². The second kappa shape index (κ2) is 6.46. The second-order valence-electron chi connectivity index (χ2n) is 7.30. The number of rotatable bonds is 4. The lowest BCUT2D eigenvalue weighted by Gasteiger charge is -2.19. The first-order valence-electron chi connectivity index (χ1n) is 9.00. The van der Waals surface area contributed by atoms with Crippen molar-refractivity contribution in [2.45, 2.75) is 44.9 Å². The van der Waals surface area contributed by atoms with Gasteiger partial charge in [0.05, 0.1) is 0 Å². The van der Waals surface area contributed by atoms with E-state index in [9.17, 15) is 4.79 Å². The van der Waals surface area contributed by atoms with Crippen molar-refractivity contribution in [3.05, 3.63) is 47.6 Å². The third kappa shape index (κ3) is 3.00. The first-order valence-corrected chi connectivity index (χ1v) is 9.00. The fourth-order valence-electron chi connectivity index (χ4n) is 4.41. The zero-order valence-electron chi connectivity index (χ0n) is 14.2. The van der Waals surface area contributed by atoms with Gasteiger partial charge in [0.25, 0.3) is 0 Å². The van der Waals surface area contributed by atoms with Crippen LogP contribution in [0.1, 0.15) is 50.5 Å². The van der Waals surface area contributed by atoms with Crippen molar-refractivity contribution >= 4 is 5.78 Å². The normalized spacial score (nSPS) is 26.5. The quantitative estimate of drug-likeness (QED) is 0.799. The van der Waals surface area contributed by atoms with Crippen LogP contribution in [0, 0.1) is 11.8 Å². The first-order chi connectivity index (χ1) is 11.7. The van der Waals surface area contributed by atoms with E-state index in [0.29, 0.717) is 25.0 Å². The van der Waals surface area contributed by atoms with Crippen molar-refractivity contribution in [3.8, 4) is 11.5 Å². The van der Waals surface area contributed by atoms with E-state index in [1.165, 1.54) is 36.8 Å². The highest BCUT2D eigenvalue weighted by atomic mass is 16.7. The second-order valence-corrected chi connectivity index (χ2v) is 7.30. The minimum Gasteiger partial charge on any atom is -0.454 e. The highest BCUT2D eigenvalue weighted by molar-refractivity contribution is 5.92. The molecule has 3 aliphatic rings. The van der Waals surface area contributed by atoms with Crippen LogP contribution in [0.3, 0.4) is 0 Å². The van der Waals surface area contributed by atoms with Crippen molar-refractivity contribution in [2.75, 3.05) is 6.79 Å². The summed E-state index contributed by atoms with van der Waals surface area (Å²) in [5, 5.41) is 0. The number of ether oxygens (including phenoxy) is 2. The smallest absolute Gasteiger partial charge is 0.231 e. The van der Waals surface area contributed by atoms with E-state index in [-0.39, 0.29) is 5.78 Å². The zero-order chi connectivity index (χ0) is 16.5. The van der Waals surface area contributed by atoms with Crippen molar-refractivity contribution in [1.29, 1.82) is 0 Å². The maximum Gasteiger partial charge on any atom is 0.231 e. The molecule has 4 rings (SSSR count). The number of carbonyl (C=O) groups excluding carboxylic acids is 1. The van der Waals surface area contributed by atoms with Gasteiger partial charge in [-0.2, -0.15) is 0 Å². The molecule has 0 saturated heterocycles. The average molecular weight is 324 g/mol. The molecule has 1 fully saturated rings. The Balaban J connectivity index is 1.39. The molecule has 1 heterocycles. The van der Waals surface area contributed by atoms with Crippen LogP contribution >= 0.6 is 0 Å². The molecule has 0 radical (unpaired) electrons. The van der Waals surface area contributed by atoms with Gasteiger partial charge in [0.15, 0.2) is 17.3 Å². The maximum absolute atomic E-state index is 11.3. The summed E-state index contributed by atoms with van der Waals surface area (Å²) in [5.74, 6) is 3.90. The van der Waals surface area contributed by atoms with Crippen LogP contribution in [0.25, 0.3) is 0 Å². The van der Waals surface area contributed by atoms with Gasteiger partial charge >= 0.3 is 0 Å². The summed E-state index contributed by atoms with van der Waals surface area (Å²) in [4.78, 5) is 11.3. The van der Waals surface area contributed by atoms with Gasteiger partial charge in [0.1, 0.15) is 0 Å². The van der Waals surface area contributed by atoms with Crippen LogP contribution in [-0.2, 0) is 4.79 Å². The third-order valence-electron chi connectivity index (χ3n) is 5.66. The fraction of sp³-hybridized carbons (Fsp3) is 0.476. The van der Waals surface area contributed by atoms with Gasteiger partial charge in [-0.3, -0.25) is 4.79 Å². The molecule has 1 unspecified atom stereocenters. The molecule has 1 saturated carbocycles. The molecule has 126 valence electrons. The summed E-state index contributed by atoms with van der Waals surface area (Å²) in [7, 11) is 0. The molecule has 0 aromatic heterocycles. The predicted octanol–water partition coefficient (Wildman–Crippen LogP) is 4.78. The largest absolute Gasteiger partial charge is 0.454 e. The molecule has 1 aromatic carbocycles. The molecular formula is C21H24O3. The Hall–Kier alpha value is -2.03. The zero-order valence-corrected chi connectivity index (χ0v) is 14.2. The van der Waals surface area contributed by atoms with E-state index >= 15 is 0 Å². The summed E-state index contributed by atoms with van der Waals surface area (Å²) >= 11 is 0. The van der Waals surface area contributed by atoms with Crippen LogP contribution < -0.4 is 9.47 Å². The minimum atomic E-state index is 0.224. The number of carbonyl (C=O) groups is 1. The number of benzene rings is 1. The molecule has 24 heavy (non-hydrogen) atoms.